The second-order valence-corrected chi connectivity index (χ2v) is 6.39. The molecule has 2 heterocycles. The van der Waals surface area contributed by atoms with E-state index in [1.807, 2.05) is 6.07 Å². The third-order valence-corrected chi connectivity index (χ3v) is 4.23. The Bertz CT molecular complexity index is 670. The van der Waals surface area contributed by atoms with Crippen LogP contribution in [0.5, 0.6) is 5.75 Å². The zero-order valence-electron chi connectivity index (χ0n) is 12.6. The van der Waals surface area contributed by atoms with Gasteiger partial charge in [0.05, 0.1) is 12.3 Å². The Morgan fingerprint density at radius 3 is 2.58 bits per heavy atom. The number of rotatable bonds is 4. The number of piperazine rings is 1. The van der Waals surface area contributed by atoms with E-state index in [-0.39, 0.29) is 11.8 Å². The van der Waals surface area contributed by atoms with Gasteiger partial charge in [-0.25, -0.2) is 0 Å². The maximum absolute atomic E-state index is 12.6. The van der Waals surface area contributed by atoms with E-state index < -0.39 is 6.36 Å². The summed E-state index contributed by atoms with van der Waals surface area (Å²) in [6.45, 7) is 3.18. The van der Waals surface area contributed by atoms with Crippen molar-refractivity contribution >= 4 is 15.9 Å². The molecule has 1 saturated heterocycles. The van der Waals surface area contributed by atoms with Gasteiger partial charge in [0, 0.05) is 30.7 Å². The van der Waals surface area contributed by atoms with Gasteiger partial charge in [0.1, 0.15) is 11.5 Å². The molecular formula is C16H16BrF3N2O2. The first kappa shape index (κ1) is 17.3. The Morgan fingerprint density at radius 1 is 1.21 bits per heavy atom. The van der Waals surface area contributed by atoms with Crippen LogP contribution in [0.25, 0.3) is 0 Å². The quantitative estimate of drug-likeness (QED) is 0.837. The molecule has 0 amide bonds. The molecule has 0 aliphatic carbocycles. The highest BCUT2D eigenvalue weighted by molar-refractivity contribution is 9.10. The Balaban J connectivity index is 1.97. The van der Waals surface area contributed by atoms with Crippen LogP contribution in [-0.4, -0.2) is 37.4 Å². The number of nitrogens with zero attached hydrogens (tertiary/aromatic N) is 1. The molecular weight excluding hydrogens is 389 g/mol. The second kappa shape index (κ2) is 7.16. The molecule has 4 nitrogen and oxygen atoms in total. The van der Waals surface area contributed by atoms with Gasteiger partial charge >= 0.3 is 6.36 Å². The van der Waals surface area contributed by atoms with Crippen molar-refractivity contribution in [2.45, 2.75) is 12.4 Å². The summed E-state index contributed by atoms with van der Waals surface area (Å²) in [5.74, 6) is 0.437. The van der Waals surface area contributed by atoms with Crippen molar-refractivity contribution < 1.29 is 22.3 Å². The van der Waals surface area contributed by atoms with E-state index in [1.165, 1.54) is 12.1 Å². The van der Waals surface area contributed by atoms with Gasteiger partial charge < -0.3 is 14.5 Å². The Labute approximate surface area is 145 Å². The van der Waals surface area contributed by atoms with Crippen LogP contribution in [0.4, 0.5) is 13.2 Å². The van der Waals surface area contributed by atoms with Gasteiger partial charge in [-0.1, -0.05) is 15.9 Å². The summed E-state index contributed by atoms with van der Waals surface area (Å²) in [6, 6.07) is 7.84. The van der Waals surface area contributed by atoms with E-state index in [1.54, 1.807) is 18.4 Å². The molecule has 0 spiro atoms. The Kier molecular flexibility index (Phi) is 5.17. The number of hydrogen-bond donors (Lipinski definition) is 1. The molecule has 3 rings (SSSR count). The molecule has 1 N–H and O–H groups in total. The highest BCUT2D eigenvalue weighted by Crippen LogP contribution is 2.35. The van der Waals surface area contributed by atoms with E-state index in [4.69, 9.17) is 4.42 Å². The smallest absolute Gasteiger partial charge is 0.467 e. The third-order valence-electron chi connectivity index (χ3n) is 3.77. The number of hydrogen-bond acceptors (Lipinski definition) is 4. The molecule has 2 aromatic rings. The fourth-order valence-corrected chi connectivity index (χ4v) is 3.37. The van der Waals surface area contributed by atoms with E-state index in [9.17, 15) is 13.2 Å². The lowest BCUT2D eigenvalue weighted by molar-refractivity contribution is -0.274. The van der Waals surface area contributed by atoms with Gasteiger partial charge in [0.25, 0.3) is 0 Å². The molecule has 130 valence electrons. The summed E-state index contributed by atoms with van der Waals surface area (Å²) in [4.78, 5) is 2.18. The molecule has 1 aliphatic heterocycles. The van der Waals surface area contributed by atoms with Crippen molar-refractivity contribution in [1.82, 2.24) is 10.2 Å². The Hall–Kier alpha value is -1.51. The molecule has 0 unspecified atom stereocenters. The minimum absolute atomic E-state index is 0.251. The van der Waals surface area contributed by atoms with Crippen molar-refractivity contribution in [1.29, 1.82) is 0 Å². The monoisotopic (exact) mass is 404 g/mol. The maximum Gasteiger partial charge on any atom is 0.573 e. The van der Waals surface area contributed by atoms with Gasteiger partial charge in [-0.2, -0.15) is 0 Å². The van der Waals surface area contributed by atoms with Gasteiger partial charge in [0.2, 0.25) is 0 Å². The summed E-state index contributed by atoms with van der Waals surface area (Å²) in [5.41, 5.74) is 0.681. The van der Waals surface area contributed by atoms with E-state index in [0.717, 1.165) is 26.2 Å². The number of nitrogens with one attached hydrogen (secondary N) is 1. The van der Waals surface area contributed by atoms with Crippen LogP contribution in [0.15, 0.2) is 45.5 Å². The van der Waals surface area contributed by atoms with Gasteiger partial charge in [-0.05, 0) is 35.9 Å². The molecule has 0 bridgehead atoms. The van der Waals surface area contributed by atoms with Crippen molar-refractivity contribution in [2.24, 2.45) is 0 Å². The topological polar surface area (TPSA) is 37.6 Å². The lowest BCUT2D eigenvalue weighted by Crippen LogP contribution is -2.45. The summed E-state index contributed by atoms with van der Waals surface area (Å²) in [6.07, 6.45) is -3.16. The third kappa shape index (κ3) is 4.31. The molecule has 1 fully saturated rings. The van der Waals surface area contributed by atoms with Crippen LogP contribution < -0.4 is 10.1 Å². The molecule has 24 heavy (non-hydrogen) atoms. The number of benzene rings is 1. The average Bonchev–Trinajstić information content (AvgIpc) is 3.00. The van der Waals surface area contributed by atoms with Crippen molar-refractivity contribution in [3.63, 3.8) is 0 Å². The molecule has 1 atom stereocenters. The molecule has 0 radical (unpaired) electrons. The fraction of sp³-hybridized carbons (Fsp3) is 0.375. The van der Waals surface area contributed by atoms with E-state index in [0.29, 0.717) is 15.8 Å². The standard InChI is InChI=1S/C16H16BrF3N2O2/c17-12-8-11(9-13(10-12)24-16(18,19)20)15(14-2-1-7-23-14)22-5-3-21-4-6-22/h1-2,7-10,15,21H,3-6H2/t15-/m1/s1. The summed E-state index contributed by atoms with van der Waals surface area (Å²) in [7, 11) is 0. The molecule has 1 aromatic carbocycles. The predicted molar refractivity (Wildman–Crippen MR) is 85.8 cm³/mol. The lowest BCUT2D eigenvalue weighted by atomic mass is 10.0. The largest absolute Gasteiger partial charge is 0.573 e. The zero-order valence-corrected chi connectivity index (χ0v) is 14.2. The fourth-order valence-electron chi connectivity index (χ4n) is 2.88. The Morgan fingerprint density at radius 2 is 1.96 bits per heavy atom. The maximum atomic E-state index is 12.6. The van der Waals surface area contributed by atoms with Crippen LogP contribution in [-0.2, 0) is 0 Å². The number of alkyl halides is 3. The highest BCUT2D eigenvalue weighted by Gasteiger charge is 2.32. The highest BCUT2D eigenvalue weighted by atomic mass is 79.9. The van der Waals surface area contributed by atoms with E-state index >= 15 is 0 Å². The number of halogens is 4. The van der Waals surface area contributed by atoms with Crippen molar-refractivity contribution in [2.75, 3.05) is 26.2 Å². The average molecular weight is 405 g/mol. The first-order valence-corrected chi connectivity index (χ1v) is 8.26. The molecule has 8 heteroatoms. The van der Waals surface area contributed by atoms with Crippen LogP contribution in [0.1, 0.15) is 17.4 Å². The van der Waals surface area contributed by atoms with Crippen LogP contribution in [0.3, 0.4) is 0 Å². The zero-order chi connectivity index (χ0) is 17.2. The van der Waals surface area contributed by atoms with Crippen LogP contribution >= 0.6 is 15.9 Å². The van der Waals surface area contributed by atoms with Crippen LogP contribution in [0, 0.1) is 0 Å². The minimum atomic E-state index is -4.73. The summed E-state index contributed by atoms with van der Waals surface area (Å²) in [5, 5.41) is 3.27. The SMILES string of the molecule is FC(F)(F)Oc1cc(Br)cc([C@H](c2ccco2)N2CCNCC2)c1. The van der Waals surface area contributed by atoms with Crippen molar-refractivity contribution in [3.05, 3.63) is 52.4 Å². The molecule has 0 saturated carbocycles. The molecule has 1 aliphatic rings. The lowest BCUT2D eigenvalue weighted by Gasteiger charge is -2.34. The van der Waals surface area contributed by atoms with Gasteiger partial charge in [-0.15, -0.1) is 13.2 Å². The predicted octanol–water partition coefficient (Wildman–Crippen LogP) is 3.94. The van der Waals surface area contributed by atoms with Crippen molar-refractivity contribution in [3.8, 4) is 5.75 Å². The van der Waals surface area contributed by atoms with E-state index in [2.05, 4.69) is 30.9 Å². The molecule has 1 aromatic heterocycles. The summed E-state index contributed by atoms with van der Waals surface area (Å²) < 4.78 is 47.8. The normalized spacial score (nSPS) is 17.7. The number of ether oxygens (including phenoxy) is 1. The summed E-state index contributed by atoms with van der Waals surface area (Å²) >= 11 is 3.27. The second-order valence-electron chi connectivity index (χ2n) is 5.47. The first-order chi connectivity index (χ1) is 11.4. The van der Waals surface area contributed by atoms with Gasteiger partial charge in [0.15, 0.2) is 0 Å². The van der Waals surface area contributed by atoms with Crippen LogP contribution in [0.2, 0.25) is 0 Å². The minimum Gasteiger partial charge on any atom is -0.467 e. The first-order valence-electron chi connectivity index (χ1n) is 7.47. The van der Waals surface area contributed by atoms with Gasteiger partial charge in [-0.3, -0.25) is 4.90 Å². The number of furan rings is 1.